The van der Waals surface area contributed by atoms with Crippen molar-refractivity contribution in [3.8, 4) is 0 Å². The Bertz CT molecular complexity index is 348. The highest BCUT2D eigenvalue weighted by Gasteiger charge is 2.38. The van der Waals surface area contributed by atoms with Crippen molar-refractivity contribution in [2.75, 3.05) is 0 Å². The summed E-state index contributed by atoms with van der Waals surface area (Å²) in [6.45, 7) is 1.90. The first kappa shape index (κ1) is 15.3. The number of rotatable bonds is 7. The van der Waals surface area contributed by atoms with Gasteiger partial charge in [0.1, 0.15) is 12.1 Å². The fourth-order valence-electron chi connectivity index (χ4n) is 2.83. The topological polar surface area (TPSA) is 75.6 Å². The van der Waals surface area contributed by atoms with Crippen LogP contribution < -0.4 is 5.32 Å². The maximum Gasteiger partial charge on any atom is 0.326 e. The molecule has 2 fully saturated rings. The number of hydrogen-bond acceptors (Lipinski definition) is 3. The number of carboxylic acids is 1. The fourth-order valence-corrected chi connectivity index (χ4v) is 2.83. The molecule has 0 aliphatic heterocycles. The summed E-state index contributed by atoms with van der Waals surface area (Å²) in [6.07, 6.45) is 7.57. The molecule has 0 heterocycles. The normalized spacial score (nSPS) is 23.1. The molecule has 0 aromatic rings. The molecular weight excluding hydrogens is 258 g/mol. The van der Waals surface area contributed by atoms with Crippen LogP contribution in [0.4, 0.5) is 0 Å². The standard InChI is InChI=1S/C15H25NO4/c1-2-12(20-11-6-4-3-5-7-11)14(17)16-13(15(18)19)10-8-9-10/h10-13H,2-9H2,1H3,(H,16,17)(H,18,19). The van der Waals surface area contributed by atoms with Gasteiger partial charge in [0.05, 0.1) is 6.10 Å². The largest absolute Gasteiger partial charge is 0.480 e. The molecule has 0 bridgehead atoms. The third kappa shape index (κ3) is 4.20. The summed E-state index contributed by atoms with van der Waals surface area (Å²) in [4.78, 5) is 23.4. The van der Waals surface area contributed by atoms with E-state index in [1.165, 1.54) is 6.42 Å². The van der Waals surface area contributed by atoms with Crippen molar-refractivity contribution in [2.45, 2.75) is 76.5 Å². The van der Waals surface area contributed by atoms with Gasteiger partial charge in [-0.25, -0.2) is 4.79 Å². The third-order valence-electron chi connectivity index (χ3n) is 4.23. The molecule has 2 aliphatic rings. The minimum atomic E-state index is -0.937. The van der Waals surface area contributed by atoms with Crippen LogP contribution in [0.1, 0.15) is 58.3 Å². The molecule has 114 valence electrons. The van der Waals surface area contributed by atoms with E-state index in [0.29, 0.717) is 6.42 Å². The summed E-state index contributed by atoms with van der Waals surface area (Å²) in [5, 5.41) is 11.8. The van der Waals surface area contributed by atoms with Crippen LogP contribution in [0.15, 0.2) is 0 Å². The molecule has 20 heavy (non-hydrogen) atoms. The summed E-state index contributed by atoms with van der Waals surface area (Å²) >= 11 is 0. The predicted molar refractivity (Wildman–Crippen MR) is 74.3 cm³/mol. The Hall–Kier alpha value is -1.10. The zero-order valence-corrected chi connectivity index (χ0v) is 12.1. The Morgan fingerprint density at radius 3 is 2.35 bits per heavy atom. The first-order valence-electron chi connectivity index (χ1n) is 7.80. The van der Waals surface area contributed by atoms with Crippen LogP contribution in [0.5, 0.6) is 0 Å². The predicted octanol–water partition coefficient (Wildman–Crippen LogP) is 2.09. The summed E-state index contributed by atoms with van der Waals surface area (Å²) in [5.74, 6) is -1.10. The minimum absolute atomic E-state index is 0.101. The maximum atomic E-state index is 12.2. The molecule has 0 spiro atoms. The second-order valence-electron chi connectivity index (χ2n) is 5.95. The third-order valence-corrected chi connectivity index (χ3v) is 4.23. The van der Waals surface area contributed by atoms with Crippen molar-refractivity contribution in [1.82, 2.24) is 5.32 Å². The smallest absolute Gasteiger partial charge is 0.326 e. The number of amides is 1. The molecule has 2 rings (SSSR count). The van der Waals surface area contributed by atoms with Gasteiger partial charge in [0.25, 0.3) is 0 Å². The van der Waals surface area contributed by atoms with Crippen molar-refractivity contribution in [3.63, 3.8) is 0 Å². The zero-order chi connectivity index (χ0) is 14.5. The van der Waals surface area contributed by atoms with Gasteiger partial charge in [-0.2, -0.15) is 0 Å². The molecule has 0 radical (unpaired) electrons. The van der Waals surface area contributed by atoms with Gasteiger partial charge in [0.2, 0.25) is 5.91 Å². The van der Waals surface area contributed by atoms with Crippen LogP contribution in [0.3, 0.4) is 0 Å². The number of carbonyl (C=O) groups excluding carboxylic acids is 1. The Kier molecular flexibility index (Phi) is 5.40. The van der Waals surface area contributed by atoms with Crippen molar-refractivity contribution in [2.24, 2.45) is 5.92 Å². The summed E-state index contributed by atoms with van der Waals surface area (Å²) in [5.41, 5.74) is 0. The van der Waals surface area contributed by atoms with E-state index in [9.17, 15) is 9.59 Å². The number of aliphatic carboxylic acids is 1. The van der Waals surface area contributed by atoms with Crippen LogP contribution in [-0.4, -0.2) is 35.2 Å². The van der Waals surface area contributed by atoms with Gasteiger partial charge in [-0.05, 0) is 38.0 Å². The van der Waals surface area contributed by atoms with E-state index in [0.717, 1.165) is 38.5 Å². The Morgan fingerprint density at radius 2 is 1.85 bits per heavy atom. The summed E-state index contributed by atoms with van der Waals surface area (Å²) in [7, 11) is 0. The number of nitrogens with one attached hydrogen (secondary N) is 1. The van der Waals surface area contributed by atoms with Crippen LogP contribution in [0, 0.1) is 5.92 Å². The Labute approximate surface area is 120 Å². The lowest BCUT2D eigenvalue weighted by Gasteiger charge is -2.27. The molecule has 2 N–H and O–H groups in total. The second-order valence-corrected chi connectivity index (χ2v) is 5.95. The average molecular weight is 283 g/mol. The average Bonchev–Trinajstić information content (AvgIpc) is 3.27. The maximum absolute atomic E-state index is 12.2. The van der Waals surface area contributed by atoms with Crippen LogP contribution in [0.25, 0.3) is 0 Å². The highest BCUT2D eigenvalue weighted by atomic mass is 16.5. The van der Waals surface area contributed by atoms with E-state index in [4.69, 9.17) is 9.84 Å². The molecule has 0 saturated heterocycles. The van der Waals surface area contributed by atoms with E-state index >= 15 is 0 Å². The Morgan fingerprint density at radius 1 is 1.20 bits per heavy atom. The summed E-state index contributed by atoms with van der Waals surface area (Å²) in [6, 6.07) is -0.744. The second kappa shape index (κ2) is 7.07. The van der Waals surface area contributed by atoms with Gasteiger partial charge in [0, 0.05) is 0 Å². The van der Waals surface area contributed by atoms with Crippen molar-refractivity contribution in [1.29, 1.82) is 0 Å². The van der Waals surface area contributed by atoms with Crippen LogP contribution in [-0.2, 0) is 14.3 Å². The van der Waals surface area contributed by atoms with Crippen LogP contribution in [0.2, 0.25) is 0 Å². The number of hydrogen-bond donors (Lipinski definition) is 2. The Balaban J connectivity index is 1.85. The fraction of sp³-hybridized carbons (Fsp3) is 0.867. The first-order valence-corrected chi connectivity index (χ1v) is 7.80. The van der Waals surface area contributed by atoms with Gasteiger partial charge in [-0.1, -0.05) is 26.2 Å². The highest BCUT2D eigenvalue weighted by molar-refractivity contribution is 5.86. The van der Waals surface area contributed by atoms with Gasteiger partial charge in [-0.15, -0.1) is 0 Å². The zero-order valence-electron chi connectivity index (χ0n) is 12.1. The van der Waals surface area contributed by atoms with Crippen LogP contribution >= 0.6 is 0 Å². The molecule has 2 saturated carbocycles. The minimum Gasteiger partial charge on any atom is -0.480 e. The van der Waals surface area contributed by atoms with Crippen molar-refractivity contribution in [3.05, 3.63) is 0 Å². The molecule has 0 aromatic heterocycles. The number of carbonyl (C=O) groups is 2. The van der Waals surface area contributed by atoms with E-state index in [2.05, 4.69) is 5.32 Å². The lowest BCUT2D eigenvalue weighted by molar-refractivity contribution is -0.147. The van der Waals surface area contributed by atoms with Gasteiger partial charge < -0.3 is 15.2 Å². The molecule has 2 aliphatic carbocycles. The molecule has 5 nitrogen and oxygen atoms in total. The molecule has 5 heteroatoms. The van der Waals surface area contributed by atoms with Gasteiger partial charge in [0.15, 0.2) is 0 Å². The quantitative estimate of drug-likeness (QED) is 0.750. The van der Waals surface area contributed by atoms with E-state index in [1.54, 1.807) is 0 Å². The molecule has 2 unspecified atom stereocenters. The van der Waals surface area contributed by atoms with E-state index in [-0.39, 0.29) is 17.9 Å². The van der Waals surface area contributed by atoms with Gasteiger partial charge >= 0.3 is 5.97 Å². The van der Waals surface area contributed by atoms with E-state index < -0.39 is 18.1 Å². The van der Waals surface area contributed by atoms with Crippen molar-refractivity contribution < 1.29 is 19.4 Å². The highest BCUT2D eigenvalue weighted by Crippen LogP contribution is 2.33. The molecular formula is C15H25NO4. The molecule has 1 amide bonds. The summed E-state index contributed by atoms with van der Waals surface area (Å²) < 4.78 is 5.88. The monoisotopic (exact) mass is 283 g/mol. The first-order chi connectivity index (χ1) is 9.61. The SMILES string of the molecule is CCC(OC1CCCCC1)C(=O)NC(C(=O)O)C1CC1. The number of carboxylic acid groups (broad SMARTS) is 1. The number of ether oxygens (including phenoxy) is 1. The lowest BCUT2D eigenvalue weighted by Crippen LogP contribution is -2.48. The van der Waals surface area contributed by atoms with Crippen molar-refractivity contribution >= 4 is 11.9 Å². The van der Waals surface area contributed by atoms with E-state index in [1.807, 2.05) is 6.92 Å². The van der Waals surface area contributed by atoms with Gasteiger partial charge in [-0.3, -0.25) is 4.79 Å². The lowest BCUT2D eigenvalue weighted by atomic mass is 9.97. The molecule has 2 atom stereocenters. The molecule has 0 aromatic carbocycles.